The Balaban J connectivity index is 1.71. The third-order valence-electron chi connectivity index (χ3n) is 3.91. The van der Waals surface area contributed by atoms with E-state index in [1.807, 2.05) is 0 Å². The average molecular weight is 286 g/mol. The van der Waals surface area contributed by atoms with Crippen LogP contribution < -0.4 is 5.32 Å². The largest absolute Gasteiger partial charge is 0.395 e. The third kappa shape index (κ3) is 3.07. The zero-order valence-electron chi connectivity index (χ0n) is 11.7. The number of ether oxygens (including phenoxy) is 1. The van der Waals surface area contributed by atoms with Crippen LogP contribution in [0.4, 0.5) is 0 Å². The van der Waals surface area contributed by atoms with Gasteiger partial charge in [0.2, 0.25) is 0 Å². The Labute approximate surface area is 123 Å². The maximum absolute atomic E-state index is 12.4. The molecular formula is C16H18N2O3. The van der Waals surface area contributed by atoms with E-state index in [1.54, 1.807) is 18.3 Å². The molecule has 5 nitrogen and oxygen atoms in total. The fourth-order valence-electron chi connectivity index (χ4n) is 2.93. The fourth-order valence-corrected chi connectivity index (χ4v) is 2.93. The molecule has 2 fully saturated rings. The number of nitrogens with one attached hydrogen (secondary N) is 1. The molecule has 1 amide bonds. The molecule has 2 saturated heterocycles. The lowest BCUT2D eigenvalue weighted by molar-refractivity contribution is 0.0837. The molecule has 5 heteroatoms. The van der Waals surface area contributed by atoms with Crippen molar-refractivity contribution in [2.75, 3.05) is 6.61 Å². The van der Waals surface area contributed by atoms with Gasteiger partial charge in [-0.1, -0.05) is 11.8 Å². The van der Waals surface area contributed by atoms with Crippen LogP contribution >= 0.6 is 0 Å². The summed E-state index contributed by atoms with van der Waals surface area (Å²) in [4.78, 5) is 16.5. The smallest absolute Gasteiger partial charge is 0.271 e. The molecular weight excluding hydrogens is 268 g/mol. The van der Waals surface area contributed by atoms with Crippen LogP contribution in [0, 0.1) is 11.8 Å². The van der Waals surface area contributed by atoms with Crippen molar-refractivity contribution in [2.45, 2.75) is 43.9 Å². The van der Waals surface area contributed by atoms with Crippen LogP contribution in [0.5, 0.6) is 0 Å². The Bertz CT molecular complexity index is 591. The number of amides is 1. The zero-order valence-corrected chi connectivity index (χ0v) is 11.7. The van der Waals surface area contributed by atoms with Crippen molar-refractivity contribution in [1.82, 2.24) is 10.3 Å². The van der Waals surface area contributed by atoms with Crippen molar-refractivity contribution in [1.29, 1.82) is 0 Å². The predicted octanol–water partition coefficient (Wildman–Crippen LogP) is 0.865. The van der Waals surface area contributed by atoms with Crippen molar-refractivity contribution < 1.29 is 14.6 Å². The number of fused-ring (bicyclic) bond motifs is 2. The molecule has 0 saturated carbocycles. The number of carbonyl (C=O) groups excluding carboxylic acids is 1. The number of hydrogen-bond acceptors (Lipinski definition) is 4. The van der Waals surface area contributed by atoms with Crippen LogP contribution in [-0.4, -0.2) is 40.9 Å². The van der Waals surface area contributed by atoms with Crippen LogP contribution in [0.15, 0.2) is 18.3 Å². The van der Waals surface area contributed by atoms with E-state index >= 15 is 0 Å². The van der Waals surface area contributed by atoms with Gasteiger partial charge >= 0.3 is 0 Å². The highest BCUT2D eigenvalue weighted by atomic mass is 16.5. The van der Waals surface area contributed by atoms with Crippen molar-refractivity contribution in [3.63, 3.8) is 0 Å². The number of pyridine rings is 1. The zero-order chi connectivity index (χ0) is 14.7. The lowest BCUT2D eigenvalue weighted by Gasteiger charge is -2.19. The molecule has 110 valence electrons. The summed E-state index contributed by atoms with van der Waals surface area (Å²) in [6.45, 7) is 0.0112. The molecule has 2 aliphatic rings. The summed E-state index contributed by atoms with van der Waals surface area (Å²) in [6.07, 6.45) is 5.41. The highest BCUT2D eigenvalue weighted by Crippen LogP contribution is 2.34. The minimum atomic E-state index is -0.204. The van der Waals surface area contributed by atoms with Gasteiger partial charge in [0.15, 0.2) is 0 Å². The SMILES string of the molecule is O=C(NC1CC2CCC1O2)c1ncccc1C#CCCO. The number of carbonyl (C=O) groups is 1. The summed E-state index contributed by atoms with van der Waals surface area (Å²) in [5.74, 6) is 5.51. The number of aromatic nitrogens is 1. The van der Waals surface area contributed by atoms with Crippen molar-refractivity contribution in [3.8, 4) is 11.8 Å². The van der Waals surface area contributed by atoms with E-state index in [1.165, 1.54) is 0 Å². The molecule has 3 rings (SSSR count). The molecule has 0 aliphatic carbocycles. The van der Waals surface area contributed by atoms with Gasteiger partial charge in [-0.3, -0.25) is 4.79 Å². The topological polar surface area (TPSA) is 71.5 Å². The van der Waals surface area contributed by atoms with E-state index in [4.69, 9.17) is 9.84 Å². The summed E-state index contributed by atoms with van der Waals surface area (Å²) in [6, 6.07) is 3.60. The number of hydrogen-bond donors (Lipinski definition) is 2. The van der Waals surface area contributed by atoms with Crippen LogP contribution in [0.2, 0.25) is 0 Å². The van der Waals surface area contributed by atoms with Crippen molar-refractivity contribution in [2.24, 2.45) is 0 Å². The van der Waals surface area contributed by atoms with Crippen LogP contribution in [0.3, 0.4) is 0 Å². The first-order valence-corrected chi connectivity index (χ1v) is 7.29. The maximum atomic E-state index is 12.4. The molecule has 2 aliphatic heterocycles. The molecule has 0 spiro atoms. The first-order valence-electron chi connectivity index (χ1n) is 7.29. The molecule has 3 atom stereocenters. The maximum Gasteiger partial charge on any atom is 0.271 e. The Morgan fingerprint density at radius 3 is 3.14 bits per heavy atom. The van der Waals surface area contributed by atoms with Crippen LogP contribution in [-0.2, 0) is 4.74 Å². The second kappa shape index (κ2) is 6.25. The highest BCUT2D eigenvalue weighted by molar-refractivity contribution is 5.95. The summed E-state index contributed by atoms with van der Waals surface area (Å²) in [5.41, 5.74) is 0.929. The summed E-state index contributed by atoms with van der Waals surface area (Å²) in [5, 5.41) is 11.8. The van der Waals surface area contributed by atoms with Crippen molar-refractivity contribution in [3.05, 3.63) is 29.6 Å². The van der Waals surface area contributed by atoms with Gasteiger partial charge in [-0.25, -0.2) is 4.98 Å². The molecule has 3 heterocycles. The Kier molecular flexibility index (Phi) is 4.18. The van der Waals surface area contributed by atoms with Gasteiger partial charge in [-0.2, -0.15) is 0 Å². The summed E-state index contributed by atoms with van der Waals surface area (Å²) < 4.78 is 5.74. The van der Waals surface area contributed by atoms with E-state index < -0.39 is 0 Å². The van der Waals surface area contributed by atoms with Crippen molar-refractivity contribution >= 4 is 5.91 Å². The van der Waals surface area contributed by atoms with E-state index in [0.717, 1.165) is 19.3 Å². The van der Waals surface area contributed by atoms with Crippen LogP contribution in [0.1, 0.15) is 41.7 Å². The van der Waals surface area contributed by atoms with Gasteiger partial charge in [-0.15, -0.1) is 0 Å². The second-order valence-electron chi connectivity index (χ2n) is 5.36. The fraction of sp³-hybridized carbons (Fsp3) is 0.500. The molecule has 0 radical (unpaired) electrons. The van der Waals surface area contributed by atoms with Gasteiger partial charge in [0.25, 0.3) is 5.91 Å². The summed E-state index contributed by atoms with van der Waals surface area (Å²) in [7, 11) is 0. The van der Waals surface area contributed by atoms with E-state index in [0.29, 0.717) is 23.8 Å². The minimum absolute atomic E-state index is 0.0112. The second-order valence-corrected chi connectivity index (χ2v) is 5.36. The molecule has 2 bridgehead atoms. The minimum Gasteiger partial charge on any atom is -0.395 e. The third-order valence-corrected chi connectivity index (χ3v) is 3.91. The molecule has 21 heavy (non-hydrogen) atoms. The Morgan fingerprint density at radius 1 is 1.52 bits per heavy atom. The highest BCUT2D eigenvalue weighted by Gasteiger charge is 2.41. The number of rotatable bonds is 3. The Morgan fingerprint density at radius 2 is 2.43 bits per heavy atom. The average Bonchev–Trinajstić information content (AvgIpc) is 3.10. The normalized spacial score (nSPS) is 26.2. The molecule has 3 unspecified atom stereocenters. The van der Waals surface area contributed by atoms with Gasteiger partial charge in [0.1, 0.15) is 5.69 Å². The first kappa shape index (κ1) is 14.1. The molecule has 2 N–H and O–H groups in total. The number of nitrogens with zero attached hydrogens (tertiary/aromatic N) is 1. The number of aliphatic hydroxyl groups excluding tert-OH is 1. The van der Waals surface area contributed by atoms with E-state index in [9.17, 15) is 4.79 Å². The van der Waals surface area contributed by atoms with Gasteiger partial charge in [-0.05, 0) is 31.4 Å². The molecule has 1 aromatic rings. The Hall–Kier alpha value is -1.90. The van der Waals surface area contributed by atoms with Crippen LogP contribution in [0.25, 0.3) is 0 Å². The molecule has 0 aromatic carbocycles. The van der Waals surface area contributed by atoms with Gasteiger partial charge < -0.3 is 15.2 Å². The standard InChI is InChI=1S/C16H18N2O3/c19-9-2-1-4-11-5-3-8-17-15(11)16(20)18-13-10-12-6-7-14(13)21-12/h3,5,8,12-14,19H,2,6-7,9-10H2,(H,18,20). The lowest BCUT2D eigenvalue weighted by atomic mass is 9.95. The van der Waals surface area contributed by atoms with Gasteiger partial charge in [0, 0.05) is 12.6 Å². The van der Waals surface area contributed by atoms with Gasteiger partial charge in [0.05, 0.1) is 30.4 Å². The predicted molar refractivity (Wildman–Crippen MR) is 76.6 cm³/mol. The van der Waals surface area contributed by atoms with E-state index in [2.05, 4.69) is 22.1 Å². The summed E-state index contributed by atoms with van der Waals surface area (Å²) >= 11 is 0. The molecule has 1 aromatic heterocycles. The number of aliphatic hydroxyl groups is 1. The quantitative estimate of drug-likeness (QED) is 0.809. The van der Waals surface area contributed by atoms with E-state index in [-0.39, 0.29) is 24.7 Å². The lowest BCUT2D eigenvalue weighted by Crippen LogP contribution is -2.41. The first-order chi connectivity index (χ1) is 10.3. The monoisotopic (exact) mass is 286 g/mol.